The van der Waals surface area contributed by atoms with Crippen LogP contribution in [0.25, 0.3) is 0 Å². The molecule has 1 amide bonds. The predicted molar refractivity (Wildman–Crippen MR) is 110 cm³/mol. The number of hydrogen-bond acceptors (Lipinski definition) is 7. The molecule has 4 N–H and O–H groups in total. The second-order valence-corrected chi connectivity index (χ2v) is 7.43. The molecule has 166 valence electrons. The second kappa shape index (κ2) is 10.6. The molecule has 1 aliphatic heterocycles. The third-order valence-corrected chi connectivity index (χ3v) is 5.09. The van der Waals surface area contributed by atoms with E-state index in [2.05, 4.69) is 10.2 Å². The maximum Gasteiger partial charge on any atom is 0.336 e. The molecule has 1 unspecified atom stereocenters. The molecule has 0 radical (unpaired) electrons. The summed E-state index contributed by atoms with van der Waals surface area (Å²) < 4.78 is 5.32. The number of amides is 1. The first-order chi connectivity index (χ1) is 14.2. The minimum atomic E-state index is -2.72. The smallest absolute Gasteiger partial charge is 0.336 e. The second-order valence-electron chi connectivity index (χ2n) is 6.99. The van der Waals surface area contributed by atoms with Crippen LogP contribution in [0.15, 0.2) is 18.2 Å². The summed E-state index contributed by atoms with van der Waals surface area (Å²) in [7, 11) is 1.66. The van der Waals surface area contributed by atoms with Crippen molar-refractivity contribution in [1.29, 1.82) is 0 Å². The molecule has 0 spiro atoms. The monoisotopic (exact) mass is 443 g/mol. The van der Waals surface area contributed by atoms with Crippen LogP contribution in [0.1, 0.15) is 12.8 Å². The van der Waals surface area contributed by atoms with E-state index in [0.717, 1.165) is 0 Å². The lowest BCUT2D eigenvalue weighted by Gasteiger charge is -2.32. The highest BCUT2D eigenvalue weighted by Crippen LogP contribution is 2.31. The zero-order valence-electron chi connectivity index (χ0n) is 16.6. The zero-order chi connectivity index (χ0) is 22.3. The predicted octanol–water partition coefficient (Wildman–Crippen LogP) is 0.727. The molecule has 0 aromatic heterocycles. The molecule has 10 nitrogen and oxygen atoms in total. The Morgan fingerprint density at radius 3 is 2.47 bits per heavy atom. The van der Waals surface area contributed by atoms with E-state index in [1.54, 1.807) is 25.2 Å². The lowest BCUT2D eigenvalue weighted by atomic mass is 9.94. The minimum absolute atomic E-state index is 0.191. The summed E-state index contributed by atoms with van der Waals surface area (Å²) in [4.78, 5) is 39.0. The first kappa shape index (κ1) is 23.9. The number of anilines is 2. The van der Waals surface area contributed by atoms with Crippen molar-refractivity contribution in [1.82, 2.24) is 4.90 Å². The number of rotatable bonds is 10. The summed E-state index contributed by atoms with van der Waals surface area (Å²) in [6, 6.07) is 4.87. The van der Waals surface area contributed by atoms with E-state index >= 15 is 0 Å². The molecule has 11 heteroatoms. The summed E-state index contributed by atoms with van der Waals surface area (Å²) in [6.45, 7) is 3.20. The maximum atomic E-state index is 13.1. The largest absolute Gasteiger partial charge is 0.481 e. The van der Waals surface area contributed by atoms with Gasteiger partial charge in [-0.3, -0.25) is 14.5 Å². The molecule has 0 bridgehead atoms. The molecule has 0 aliphatic carbocycles. The molecule has 2 rings (SSSR count). The SMILES string of the molecule is CNc1ccc(Cl)cc1N(CCN1CCOCC1)C(=O)CC(O)(CC(=O)O)C(=O)O. The molecule has 1 atom stereocenters. The topological polar surface area (TPSA) is 140 Å². The van der Waals surface area contributed by atoms with Gasteiger partial charge in [-0.2, -0.15) is 0 Å². The number of nitrogens with one attached hydrogen (secondary N) is 1. The molecule has 1 heterocycles. The number of morpholine rings is 1. The fourth-order valence-corrected chi connectivity index (χ4v) is 3.36. The lowest BCUT2D eigenvalue weighted by molar-refractivity contribution is -0.167. The molecule has 1 fully saturated rings. The standard InChI is InChI=1S/C19H26ClN3O7/c1-21-14-3-2-13(20)10-15(14)23(5-4-22-6-8-30-9-7-22)16(24)11-19(29,18(27)28)12-17(25)26/h2-3,10,21,29H,4-9,11-12H2,1H3,(H,25,26)(H,27,28). The van der Waals surface area contributed by atoms with Gasteiger partial charge >= 0.3 is 11.9 Å². The van der Waals surface area contributed by atoms with Crippen LogP contribution >= 0.6 is 11.6 Å². The molecular formula is C19H26ClN3O7. The Balaban J connectivity index is 2.31. The number of aliphatic hydroxyl groups is 1. The highest BCUT2D eigenvalue weighted by molar-refractivity contribution is 6.31. The van der Waals surface area contributed by atoms with Gasteiger partial charge < -0.3 is 30.3 Å². The van der Waals surface area contributed by atoms with Gasteiger partial charge in [0.15, 0.2) is 5.60 Å². The van der Waals surface area contributed by atoms with E-state index in [4.69, 9.17) is 21.4 Å². The van der Waals surface area contributed by atoms with Crippen molar-refractivity contribution in [3.63, 3.8) is 0 Å². The summed E-state index contributed by atoms with van der Waals surface area (Å²) >= 11 is 6.11. The number of hydrogen-bond donors (Lipinski definition) is 4. The van der Waals surface area contributed by atoms with Crippen molar-refractivity contribution in [3.05, 3.63) is 23.2 Å². The number of carbonyl (C=O) groups is 3. The van der Waals surface area contributed by atoms with Gasteiger partial charge in [0.2, 0.25) is 5.91 Å². The Morgan fingerprint density at radius 1 is 1.23 bits per heavy atom. The van der Waals surface area contributed by atoms with Crippen molar-refractivity contribution >= 4 is 40.8 Å². The third-order valence-electron chi connectivity index (χ3n) is 4.85. The fourth-order valence-electron chi connectivity index (χ4n) is 3.19. The molecule has 1 aromatic carbocycles. The fraction of sp³-hybridized carbons (Fsp3) is 0.526. The van der Waals surface area contributed by atoms with Crippen molar-refractivity contribution in [2.75, 3.05) is 56.7 Å². The molecule has 30 heavy (non-hydrogen) atoms. The highest BCUT2D eigenvalue weighted by atomic mass is 35.5. The number of benzene rings is 1. The van der Waals surface area contributed by atoms with Gasteiger partial charge in [-0.15, -0.1) is 0 Å². The van der Waals surface area contributed by atoms with Gasteiger partial charge in [0, 0.05) is 38.2 Å². The van der Waals surface area contributed by atoms with Gasteiger partial charge in [0.1, 0.15) is 0 Å². The van der Waals surface area contributed by atoms with Gasteiger partial charge in [0.05, 0.1) is 37.4 Å². The Morgan fingerprint density at radius 2 is 1.90 bits per heavy atom. The van der Waals surface area contributed by atoms with Crippen LogP contribution in [0, 0.1) is 0 Å². The van der Waals surface area contributed by atoms with Crippen molar-refractivity contribution in [2.45, 2.75) is 18.4 Å². The van der Waals surface area contributed by atoms with Crippen LogP contribution in [-0.4, -0.2) is 90.1 Å². The summed E-state index contributed by atoms with van der Waals surface area (Å²) in [5.74, 6) is -4.02. The number of carboxylic acids is 2. The van der Waals surface area contributed by atoms with Crippen LogP contribution in [-0.2, 0) is 19.1 Å². The number of nitrogens with zero attached hydrogens (tertiary/aromatic N) is 2. The van der Waals surface area contributed by atoms with Crippen LogP contribution in [0.5, 0.6) is 0 Å². The molecule has 0 saturated carbocycles. The van der Waals surface area contributed by atoms with Gasteiger partial charge in [-0.1, -0.05) is 11.6 Å². The average Bonchev–Trinajstić information content (AvgIpc) is 2.68. The van der Waals surface area contributed by atoms with Crippen LogP contribution in [0.2, 0.25) is 5.02 Å². The first-order valence-electron chi connectivity index (χ1n) is 9.41. The van der Waals surface area contributed by atoms with Gasteiger partial charge in [0.25, 0.3) is 0 Å². The maximum absolute atomic E-state index is 13.1. The summed E-state index contributed by atoms with van der Waals surface area (Å²) in [5.41, 5.74) is -1.74. The number of ether oxygens (including phenoxy) is 1. The van der Waals surface area contributed by atoms with E-state index in [-0.39, 0.29) is 6.54 Å². The third kappa shape index (κ3) is 6.30. The first-order valence-corrected chi connectivity index (χ1v) is 9.79. The molecule has 1 saturated heterocycles. The highest BCUT2D eigenvalue weighted by Gasteiger charge is 2.42. The molecule has 1 aromatic rings. The van der Waals surface area contributed by atoms with E-state index in [9.17, 15) is 24.6 Å². The Kier molecular flexibility index (Phi) is 8.42. The van der Waals surface area contributed by atoms with E-state index in [1.807, 2.05) is 0 Å². The van der Waals surface area contributed by atoms with Crippen molar-refractivity contribution in [3.8, 4) is 0 Å². The van der Waals surface area contributed by atoms with Crippen LogP contribution < -0.4 is 10.2 Å². The van der Waals surface area contributed by atoms with E-state index in [0.29, 0.717) is 49.2 Å². The number of aliphatic carboxylic acids is 2. The summed E-state index contributed by atoms with van der Waals surface area (Å²) in [6.07, 6.45) is -1.99. The molecular weight excluding hydrogens is 418 g/mol. The summed E-state index contributed by atoms with van der Waals surface area (Å²) in [5, 5.41) is 31.9. The van der Waals surface area contributed by atoms with E-state index < -0.39 is 36.3 Å². The average molecular weight is 444 g/mol. The van der Waals surface area contributed by atoms with Crippen LogP contribution in [0.4, 0.5) is 11.4 Å². The Bertz CT molecular complexity index is 785. The van der Waals surface area contributed by atoms with Crippen molar-refractivity contribution in [2.24, 2.45) is 0 Å². The lowest BCUT2D eigenvalue weighted by Crippen LogP contribution is -2.48. The minimum Gasteiger partial charge on any atom is -0.481 e. The van der Waals surface area contributed by atoms with Crippen molar-refractivity contribution < 1.29 is 34.4 Å². The molecule has 1 aliphatic rings. The van der Waals surface area contributed by atoms with Gasteiger partial charge in [-0.25, -0.2) is 4.79 Å². The normalized spacial score (nSPS) is 16.5. The number of carbonyl (C=O) groups excluding carboxylic acids is 1. The van der Waals surface area contributed by atoms with Crippen LogP contribution in [0.3, 0.4) is 0 Å². The zero-order valence-corrected chi connectivity index (χ0v) is 17.4. The van der Waals surface area contributed by atoms with E-state index in [1.165, 1.54) is 4.90 Å². The quantitative estimate of drug-likeness (QED) is 0.412. The number of halogens is 1. The van der Waals surface area contributed by atoms with Gasteiger partial charge in [-0.05, 0) is 18.2 Å². The Hall–Kier alpha value is -2.40. The Labute approximate surface area is 179 Å². The number of carboxylic acid groups (broad SMARTS) is 2.